The smallest absolute Gasteiger partial charge is 0.237 e. The van der Waals surface area contributed by atoms with Crippen molar-refractivity contribution in [2.24, 2.45) is 23.7 Å². The minimum atomic E-state index is 0.0893. The lowest BCUT2D eigenvalue weighted by molar-refractivity contribution is -0.123. The van der Waals surface area contributed by atoms with Gasteiger partial charge in [0.2, 0.25) is 5.91 Å². The molecular formula is C15H24N2O. The molecular weight excluding hydrogens is 224 g/mol. The van der Waals surface area contributed by atoms with E-state index in [1.165, 1.54) is 38.5 Å². The van der Waals surface area contributed by atoms with Crippen molar-refractivity contribution >= 4 is 5.91 Å². The van der Waals surface area contributed by atoms with Gasteiger partial charge in [-0.3, -0.25) is 4.79 Å². The first-order chi connectivity index (χ1) is 8.84. The highest BCUT2D eigenvalue weighted by Gasteiger charge is 2.65. The molecule has 1 aliphatic heterocycles. The van der Waals surface area contributed by atoms with Crippen molar-refractivity contribution in [3.8, 4) is 0 Å². The summed E-state index contributed by atoms with van der Waals surface area (Å²) in [5, 5.41) is 6.76. The van der Waals surface area contributed by atoms with E-state index in [0.717, 1.165) is 36.6 Å². The standard InChI is InChI=1S/C15H24N2O/c18-15(11-4-2-1-3-7-16-11)17-14-12-9-5-6-10(8-9)13(12)14/h9-14,16H,1-8H2,(H,17,18). The van der Waals surface area contributed by atoms with Crippen LogP contribution in [0.25, 0.3) is 0 Å². The van der Waals surface area contributed by atoms with Crippen LogP contribution in [0.3, 0.4) is 0 Å². The van der Waals surface area contributed by atoms with E-state index in [-0.39, 0.29) is 11.9 Å². The number of carbonyl (C=O) groups excluding carboxylic acids is 1. The van der Waals surface area contributed by atoms with E-state index in [2.05, 4.69) is 10.6 Å². The van der Waals surface area contributed by atoms with Crippen molar-refractivity contribution < 1.29 is 4.79 Å². The molecule has 3 saturated carbocycles. The summed E-state index contributed by atoms with van der Waals surface area (Å²) in [6.07, 6.45) is 9.05. The Labute approximate surface area is 109 Å². The molecule has 4 rings (SSSR count). The molecule has 4 fully saturated rings. The molecule has 1 saturated heterocycles. The fourth-order valence-corrected chi connectivity index (χ4v) is 5.04. The van der Waals surface area contributed by atoms with E-state index in [0.29, 0.717) is 6.04 Å². The maximum atomic E-state index is 12.3. The van der Waals surface area contributed by atoms with Crippen LogP contribution in [0.4, 0.5) is 0 Å². The fraction of sp³-hybridized carbons (Fsp3) is 0.933. The third-order valence-electron chi connectivity index (χ3n) is 5.92. The predicted octanol–water partition coefficient (Wildman–Crippen LogP) is 1.68. The Morgan fingerprint density at radius 3 is 2.56 bits per heavy atom. The van der Waals surface area contributed by atoms with E-state index in [9.17, 15) is 4.79 Å². The Hall–Kier alpha value is -0.570. The SMILES string of the molecule is O=C(NC1C2C3CCC(C3)C12)C1CCCCCN1. The quantitative estimate of drug-likeness (QED) is 0.780. The summed E-state index contributed by atoms with van der Waals surface area (Å²) in [4.78, 5) is 12.3. The number of hydrogen-bond donors (Lipinski definition) is 2. The van der Waals surface area contributed by atoms with Crippen LogP contribution < -0.4 is 10.6 Å². The van der Waals surface area contributed by atoms with Gasteiger partial charge >= 0.3 is 0 Å². The summed E-state index contributed by atoms with van der Waals surface area (Å²) in [5.74, 6) is 3.91. The summed E-state index contributed by atoms with van der Waals surface area (Å²) < 4.78 is 0. The molecule has 0 spiro atoms. The lowest BCUT2D eigenvalue weighted by atomic mass is 10.0. The predicted molar refractivity (Wildman–Crippen MR) is 70.0 cm³/mol. The molecule has 4 aliphatic rings. The number of carbonyl (C=O) groups is 1. The highest BCUT2D eigenvalue weighted by atomic mass is 16.2. The highest BCUT2D eigenvalue weighted by molar-refractivity contribution is 5.82. The molecule has 1 amide bonds. The lowest BCUT2D eigenvalue weighted by Crippen LogP contribution is -2.45. The van der Waals surface area contributed by atoms with Crippen molar-refractivity contribution in [2.45, 2.75) is 57.0 Å². The highest BCUT2D eigenvalue weighted by Crippen LogP contribution is 2.65. The molecule has 1 heterocycles. The first kappa shape index (κ1) is 11.3. The van der Waals surface area contributed by atoms with Gasteiger partial charge < -0.3 is 10.6 Å². The van der Waals surface area contributed by atoms with E-state index >= 15 is 0 Å². The Balaban J connectivity index is 1.34. The largest absolute Gasteiger partial charge is 0.351 e. The Morgan fingerprint density at radius 2 is 1.78 bits per heavy atom. The van der Waals surface area contributed by atoms with Gasteiger partial charge in [0.1, 0.15) is 0 Å². The molecule has 3 heteroatoms. The van der Waals surface area contributed by atoms with Crippen LogP contribution in [0.15, 0.2) is 0 Å². The van der Waals surface area contributed by atoms with Crippen LogP contribution >= 0.6 is 0 Å². The van der Waals surface area contributed by atoms with Gasteiger partial charge in [-0.2, -0.15) is 0 Å². The second-order valence-electron chi connectivity index (χ2n) is 6.88. The molecule has 100 valence electrons. The maximum absolute atomic E-state index is 12.3. The zero-order valence-corrected chi connectivity index (χ0v) is 11.0. The molecule has 0 aromatic heterocycles. The Kier molecular flexibility index (Phi) is 2.65. The van der Waals surface area contributed by atoms with E-state index in [1.54, 1.807) is 0 Å². The summed E-state index contributed by atoms with van der Waals surface area (Å²) in [5.41, 5.74) is 0. The van der Waals surface area contributed by atoms with Crippen LogP contribution in [0.5, 0.6) is 0 Å². The molecule has 3 nitrogen and oxygen atoms in total. The number of rotatable bonds is 2. The van der Waals surface area contributed by atoms with Gasteiger partial charge in [-0.05, 0) is 62.3 Å². The van der Waals surface area contributed by atoms with Gasteiger partial charge in [0.05, 0.1) is 6.04 Å². The topological polar surface area (TPSA) is 41.1 Å². The van der Waals surface area contributed by atoms with Gasteiger partial charge in [-0.15, -0.1) is 0 Å². The molecule has 5 unspecified atom stereocenters. The van der Waals surface area contributed by atoms with Gasteiger partial charge in [0.25, 0.3) is 0 Å². The summed E-state index contributed by atoms with van der Waals surface area (Å²) >= 11 is 0. The lowest BCUT2D eigenvalue weighted by Gasteiger charge is -2.17. The number of nitrogens with one attached hydrogen (secondary N) is 2. The minimum Gasteiger partial charge on any atom is -0.351 e. The Bertz CT molecular complexity index is 332. The third-order valence-corrected chi connectivity index (χ3v) is 5.92. The van der Waals surface area contributed by atoms with E-state index < -0.39 is 0 Å². The average molecular weight is 248 g/mol. The van der Waals surface area contributed by atoms with Crippen molar-refractivity contribution in [3.05, 3.63) is 0 Å². The van der Waals surface area contributed by atoms with Crippen LogP contribution in [0.1, 0.15) is 44.9 Å². The average Bonchev–Trinajstić information content (AvgIpc) is 2.88. The third kappa shape index (κ3) is 1.70. The van der Waals surface area contributed by atoms with Gasteiger partial charge in [0, 0.05) is 6.04 Å². The van der Waals surface area contributed by atoms with Crippen LogP contribution in [-0.4, -0.2) is 24.5 Å². The van der Waals surface area contributed by atoms with Gasteiger partial charge in [-0.1, -0.05) is 12.8 Å². The molecule has 5 atom stereocenters. The molecule has 2 N–H and O–H groups in total. The van der Waals surface area contributed by atoms with Crippen molar-refractivity contribution in [1.29, 1.82) is 0 Å². The van der Waals surface area contributed by atoms with Crippen LogP contribution in [-0.2, 0) is 4.79 Å². The summed E-state index contributed by atoms with van der Waals surface area (Å²) in [7, 11) is 0. The van der Waals surface area contributed by atoms with Crippen LogP contribution in [0, 0.1) is 23.7 Å². The van der Waals surface area contributed by atoms with Crippen molar-refractivity contribution in [2.75, 3.05) is 6.54 Å². The maximum Gasteiger partial charge on any atom is 0.237 e. The molecule has 0 radical (unpaired) electrons. The molecule has 0 aromatic carbocycles. The molecule has 2 bridgehead atoms. The second-order valence-corrected chi connectivity index (χ2v) is 6.88. The molecule has 3 aliphatic carbocycles. The van der Waals surface area contributed by atoms with Crippen molar-refractivity contribution in [1.82, 2.24) is 10.6 Å². The van der Waals surface area contributed by atoms with Crippen molar-refractivity contribution in [3.63, 3.8) is 0 Å². The fourth-order valence-electron chi connectivity index (χ4n) is 5.04. The minimum absolute atomic E-state index is 0.0893. The van der Waals surface area contributed by atoms with E-state index in [4.69, 9.17) is 0 Å². The Morgan fingerprint density at radius 1 is 1.00 bits per heavy atom. The van der Waals surface area contributed by atoms with E-state index in [1.807, 2.05) is 0 Å². The zero-order valence-electron chi connectivity index (χ0n) is 11.0. The molecule has 18 heavy (non-hydrogen) atoms. The first-order valence-electron chi connectivity index (χ1n) is 7.88. The number of fused-ring (bicyclic) bond motifs is 5. The van der Waals surface area contributed by atoms with Gasteiger partial charge in [-0.25, -0.2) is 0 Å². The zero-order chi connectivity index (χ0) is 12.1. The van der Waals surface area contributed by atoms with Gasteiger partial charge in [0.15, 0.2) is 0 Å². The summed E-state index contributed by atoms with van der Waals surface area (Å²) in [6.45, 7) is 1.01. The van der Waals surface area contributed by atoms with Crippen LogP contribution in [0.2, 0.25) is 0 Å². The monoisotopic (exact) mass is 248 g/mol. The summed E-state index contributed by atoms with van der Waals surface area (Å²) in [6, 6.07) is 0.639. The second kappa shape index (κ2) is 4.22. The normalized spacial score (nSPS) is 49.6. The first-order valence-corrected chi connectivity index (χ1v) is 7.88. The number of hydrogen-bond acceptors (Lipinski definition) is 2. The molecule has 0 aromatic rings. The number of amides is 1.